The van der Waals surface area contributed by atoms with Crippen molar-refractivity contribution in [2.45, 2.75) is 6.92 Å². The maximum atomic E-state index is 2.37. The van der Waals surface area contributed by atoms with Crippen molar-refractivity contribution in [2.24, 2.45) is 0 Å². The molecule has 1 fully saturated rings. The number of rotatable bonds is 0. The van der Waals surface area contributed by atoms with Crippen LogP contribution in [0, 0.1) is 6.92 Å². The predicted molar refractivity (Wildman–Crippen MR) is 121 cm³/mol. The summed E-state index contributed by atoms with van der Waals surface area (Å²) in [5.74, 6) is 2.44. The quantitative estimate of drug-likeness (QED) is 0.436. The van der Waals surface area contributed by atoms with E-state index < -0.39 is 0 Å². The average Bonchev–Trinajstić information content (AvgIpc) is 3.33. The number of benzene rings is 3. The SMILES string of the molecule is Cc1ccc2c(=C3SCCS3)c3ccccc3c(=C3SC=CS3)c2c1. The van der Waals surface area contributed by atoms with Crippen molar-refractivity contribution in [2.75, 3.05) is 11.5 Å². The fourth-order valence-electron chi connectivity index (χ4n) is 3.51. The Balaban J connectivity index is 2.12. The van der Waals surface area contributed by atoms with Gasteiger partial charge in [-0.25, -0.2) is 0 Å². The summed E-state index contributed by atoms with van der Waals surface area (Å²) in [6.45, 7) is 2.20. The van der Waals surface area contributed by atoms with Gasteiger partial charge in [0, 0.05) is 26.2 Å². The molecule has 0 unspecified atom stereocenters. The van der Waals surface area contributed by atoms with Crippen molar-refractivity contribution in [1.82, 2.24) is 0 Å². The van der Waals surface area contributed by atoms with Crippen LogP contribution in [0.5, 0.6) is 0 Å². The molecule has 0 saturated carbocycles. The first kappa shape index (κ1) is 16.2. The van der Waals surface area contributed by atoms with Gasteiger partial charge in [0.15, 0.2) is 0 Å². The lowest BCUT2D eigenvalue weighted by Gasteiger charge is -2.11. The number of fused-ring (bicyclic) bond motifs is 2. The van der Waals surface area contributed by atoms with Crippen molar-refractivity contribution >= 4 is 77.1 Å². The van der Waals surface area contributed by atoms with Crippen LogP contribution >= 0.6 is 47.0 Å². The molecule has 0 bridgehead atoms. The second kappa shape index (κ2) is 6.66. The maximum Gasteiger partial charge on any atom is 0.0571 e. The highest BCUT2D eigenvalue weighted by Crippen LogP contribution is 2.40. The van der Waals surface area contributed by atoms with Gasteiger partial charge in [0.25, 0.3) is 0 Å². The molecule has 25 heavy (non-hydrogen) atoms. The zero-order valence-corrected chi connectivity index (χ0v) is 17.0. The molecule has 3 aromatic carbocycles. The summed E-state index contributed by atoms with van der Waals surface area (Å²) in [5.41, 5.74) is 1.33. The van der Waals surface area contributed by atoms with Crippen LogP contribution in [0.25, 0.3) is 30.0 Å². The second-order valence-electron chi connectivity index (χ2n) is 6.12. The molecule has 0 radical (unpaired) electrons. The van der Waals surface area contributed by atoms with Crippen molar-refractivity contribution in [3.8, 4) is 0 Å². The fourth-order valence-corrected chi connectivity index (χ4v) is 8.03. The molecule has 124 valence electrons. The summed E-state index contributed by atoms with van der Waals surface area (Å²) >= 11 is 7.74. The molecule has 0 atom stereocenters. The largest absolute Gasteiger partial charge is 0.118 e. The summed E-state index contributed by atoms with van der Waals surface area (Å²) in [6, 6.07) is 15.9. The molecule has 0 aromatic heterocycles. The molecule has 4 heteroatoms. The van der Waals surface area contributed by atoms with E-state index in [1.54, 1.807) is 0 Å². The van der Waals surface area contributed by atoms with Crippen LogP contribution in [0.2, 0.25) is 0 Å². The van der Waals surface area contributed by atoms with E-state index in [2.05, 4.69) is 60.2 Å². The molecule has 0 aliphatic carbocycles. The van der Waals surface area contributed by atoms with E-state index in [-0.39, 0.29) is 0 Å². The Bertz CT molecular complexity index is 1140. The summed E-state index contributed by atoms with van der Waals surface area (Å²) in [4.78, 5) is 0. The van der Waals surface area contributed by atoms with Crippen LogP contribution in [-0.2, 0) is 0 Å². The maximum absolute atomic E-state index is 2.37. The van der Waals surface area contributed by atoms with Gasteiger partial charge in [0.05, 0.1) is 4.24 Å². The minimum Gasteiger partial charge on any atom is -0.118 e. The van der Waals surface area contributed by atoms with Crippen LogP contribution in [0.4, 0.5) is 0 Å². The Hall–Kier alpha value is -0.940. The normalized spacial score (nSPS) is 17.3. The Labute approximate surface area is 164 Å². The van der Waals surface area contributed by atoms with Gasteiger partial charge < -0.3 is 0 Å². The van der Waals surface area contributed by atoms with Gasteiger partial charge in [0.1, 0.15) is 0 Å². The van der Waals surface area contributed by atoms with Gasteiger partial charge in [-0.1, -0.05) is 71.6 Å². The smallest absolute Gasteiger partial charge is 0.0571 e. The van der Waals surface area contributed by atoms with Crippen molar-refractivity contribution in [3.63, 3.8) is 0 Å². The van der Waals surface area contributed by atoms with Crippen LogP contribution < -0.4 is 10.4 Å². The highest BCUT2D eigenvalue weighted by Gasteiger charge is 2.16. The molecule has 0 N–H and O–H groups in total. The van der Waals surface area contributed by atoms with Crippen LogP contribution in [0.3, 0.4) is 0 Å². The zero-order chi connectivity index (χ0) is 16.8. The molecule has 5 rings (SSSR count). The molecule has 1 saturated heterocycles. The number of hydrogen-bond acceptors (Lipinski definition) is 4. The summed E-state index contributed by atoms with van der Waals surface area (Å²) in [7, 11) is 0. The predicted octanol–water partition coefficient (Wildman–Crippen LogP) is 5.86. The van der Waals surface area contributed by atoms with Gasteiger partial charge >= 0.3 is 0 Å². The topological polar surface area (TPSA) is 0 Å². The third-order valence-corrected chi connectivity index (χ3v) is 9.39. The Kier molecular flexibility index (Phi) is 4.33. The molecule has 2 aliphatic heterocycles. The van der Waals surface area contributed by atoms with Crippen molar-refractivity contribution < 1.29 is 0 Å². The zero-order valence-electron chi connectivity index (χ0n) is 13.7. The highest BCUT2D eigenvalue weighted by atomic mass is 32.2. The third-order valence-electron chi connectivity index (χ3n) is 4.54. The first-order valence-electron chi connectivity index (χ1n) is 8.26. The monoisotopic (exact) mass is 396 g/mol. The van der Waals surface area contributed by atoms with E-state index >= 15 is 0 Å². The average molecular weight is 397 g/mol. The Morgan fingerprint density at radius 1 is 0.680 bits per heavy atom. The lowest BCUT2D eigenvalue weighted by molar-refractivity contribution is 1.50. The lowest BCUT2D eigenvalue weighted by atomic mass is 9.97. The van der Waals surface area contributed by atoms with E-state index in [4.69, 9.17) is 0 Å². The van der Waals surface area contributed by atoms with Gasteiger partial charge in [0.2, 0.25) is 0 Å². The van der Waals surface area contributed by atoms with E-state index in [1.165, 1.54) is 57.5 Å². The summed E-state index contributed by atoms with van der Waals surface area (Å²) in [5, 5.41) is 12.8. The molecule has 3 aromatic rings. The number of aryl methyl sites for hydroxylation is 1. The fraction of sp³-hybridized carbons (Fsp3) is 0.143. The minimum atomic E-state index is 1.22. The summed E-state index contributed by atoms with van der Waals surface area (Å²) < 4.78 is 2.89. The Morgan fingerprint density at radius 3 is 1.96 bits per heavy atom. The molecular weight excluding hydrogens is 380 g/mol. The molecule has 0 nitrogen and oxygen atoms in total. The number of thioether (sulfide) groups is 4. The van der Waals surface area contributed by atoms with Crippen molar-refractivity contribution in [1.29, 1.82) is 0 Å². The van der Waals surface area contributed by atoms with E-state index in [0.717, 1.165) is 0 Å². The van der Waals surface area contributed by atoms with Gasteiger partial charge in [-0.15, -0.1) is 23.5 Å². The molecule has 2 aliphatic rings. The number of hydrogen-bond donors (Lipinski definition) is 0. The first-order chi connectivity index (χ1) is 12.3. The van der Waals surface area contributed by atoms with Gasteiger partial charge in [-0.3, -0.25) is 0 Å². The third kappa shape index (κ3) is 2.74. The standard InChI is InChI=1S/C21H16S4/c1-13-6-7-16-17(12-13)19(21-24-10-11-25-21)15-5-3-2-4-14(15)18(16)20-22-8-9-23-20/h2-7,10-12H,8-9H2,1H3. The summed E-state index contributed by atoms with van der Waals surface area (Å²) in [6.07, 6.45) is 0. The molecular formula is C21H16S4. The first-order valence-corrected chi connectivity index (χ1v) is 12.0. The van der Waals surface area contributed by atoms with E-state index in [0.29, 0.717) is 0 Å². The minimum absolute atomic E-state index is 1.22. The van der Waals surface area contributed by atoms with Gasteiger partial charge in [-0.2, -0.15) is 0 Å². The van der Waals surface area contributed by atoms with E-state index in [1.807, 2.05) is 47.0 Å². The highest BCUT2D eigenvalue weighted by molar-refractivity contribution is 8.34. The molecule has 0 amide bonds. The molecule has 0 spiro atoms. The lowest BCUT2D eigenvalue weighted by Crippen LogP contribution is -2.16. The van der Waals surface area contributed by atoms with Crippen LogP contribution in [0.1, 0.15) is 5.56 Å². The van der Waals surface area contributed by atoms with Gasteiger partial charge in [-0.05, 0) is 39.3 Å². The van der Waals surface area contributed by atoms with E-state index in [9.17, 15) is 0 Å². The second-order valence-corrected chi connectivity index (χ2v) is 10.7. The van der Waals surface area contributed by atoms with Crippen LogP contribution in [0.15, 0.2) is 53.3 Å². The van der Waals surface area contributed by atoms with Crippen molar-refractivity contribution in [3.05, 3.63) is 69.3 Å². The Morgan fingerprint density at radius 2 is 1.28 bits per heavy atom. The molecule has 2 heterocycles. The van der Waals surface area contributed by atoms with Crippen LogP contribution in [-0.4, -0.2) is 11.5 Å².